The molecule has 0 bridgehead atoms. The fourth-order valence-electron chi connectivity index (χ4n) is 2.94. The topological polar surface area (TPSA) is 60.9 Å². The Bertz CT molecular complexity index is 801. The quantitative estimate of drug-likeness (QED) is 0.742. The Kier molecular flexibility index (Phi) is 6.52. The Morgan fingerprint density at radius 3 is 2.64 bits per heavy atom. The molecule has 0 saturated heterocycles. The number of nitrogens with zero attached hydrogens (tertiary/aromatic N) is 2. The van der Waals surface area contributed by atoms with E-state index in [0.717, 1.165) is 5.56 Å². The number of amides is 1. The smallest absolute Gasteiger partial charge is 0.224 e. The summed E-state index contributed by atoms with van der Waals surface area (Å²) >= 11 is 0. The molecule has 0 fully saturated rings. The number of benzene rings is 1. The van der Waals surface area contributed by atoms with Crippen LogP contribution in [0.25, 0.3) is 0 Å². The first-order chi connectivity index (χ1) is 13.4. The van der Waals surface area contributed by atoms with Gasteiger partial charge in [-0.2, -0.15) is 0 Å². The van der Waals surface area contributed by atoms with Crippen molar-refractivity contribution in [1.29, 1.82) is 0 Å². The van der Waals surface area contributed by atoms with Gasteiger partial charge in [-0.25, -0.2) is 4.98 Å². The number of rotatable bonds is 1. The van der Waals surface area contributed by atoms with E-state index in [2.05, 4.69) is 25.8 Å². The van der Waals surface area contributed by atoms with Crippen molar-refractivity contribution in [3.8, 4) is 17.4 Å². The summed E-state index contributed by atoms with van der Waals surface area (Å²) in [5.41, 5.74) is 0.763. The average Bonchev–Trinajstić information content (AvgIpc) is 2.65. The van der Waals surface area contributed by atoms with Crippen molar-refractivity contribution >= 4 is 5.91 Å². The third-order valence-electron chi connectivity index (χ3n) is 4.29. The molecule has 0 atom stereocenters. The van der Waals surface area contributed by atoms with Crippen LogP contribution in [0.15, 0.2) is 42.6 Å². The van der Waals surface area contributed by atoms with Crippen molar-refractivity contribution in [1.82, 2.24) is 9.88 Å². The molecule has 2 aromatic rings. The Morgan fingerprint density at radius 2 is 1.86 bits per heavy atom. The van der Waals surface area contributed by atoms with Crippen molar-refractivity contribution in [2.75, 3.05) is 26.4 Å². The zero-order valence-corrected chi connectivity index (χ0v) is 16.8. The number of hydrogen-bond donors (Lipinski definition) is 0. The largest absolute Gasteiger partial charge is 0.487 e. The fraction of sp³-hybridized carbons (Fsp3) is 0.455. The number of hydrogen-bond acceptors (Lipinski definition) is 5. The maximum Gasteiger partial charge on any atom is 0.224 e. The Labute approximate surface area is 166 Å². The van der Waals surface area contributed by atoms with Gasteiger partial charge >= 0.3 is 0 Å². The molecule has 1 aromatic carbocycles. The highest BCUT2D eigenvalue weighted by Gasteiger charge is 2.23. The maximum atomic E-state index is 12.9. The van der Waals surface area contributed by atoms with Crippen LogP contribution in [0.1, 0.15) is 32.8 Å². The van der Waals surface area contributed by atoms with Crippen LogP contribution in [-0.4, -0.2) is 42.2 Å². The van der Waals surface area contributed by atoms with Crippen molar-refractivity contribution in [3.63, 3.8) is 0 Å². The molecule has 2 heterocycles. The highest BCUT2D eigenvalue weighted by atomic mass is 16.5. The lowest BCUT2D eigenvalue weighted by molar-refractivity contribution is -0.134. The number of fused-ring (bicyclic) bond motifs is 2. The molecule has 6 nitrogen and oxygen atoms in total. The molecule has 1 aliphatic heterocycles. The Morgan fingerprint density at radius 1 is 1.07 bits per heavy atom. The monoisotopic (exact) mass is 384 g/mol. The summed E-state index contributed by atoms with van der Waals surface area (Å²) in [4.78, 5) is 19.1. The van der Waals surface area contributed by atoms with Crippen LogP contribution in [0.2, 0.25) is 0 Å². The van der Waals surface area contributed by atoms with Gasteiger partial charge in [-0.15, -0.1) is 0 Å². The van der Waals surface area contributed by atoms with Crippen molar-refractivity contribution in [2.45, 2.75) is 33.7 Å². The van der Waals surface area contributed by atoms with Gasteiger partial charge in [0.15, 0.2) is 11.5 Å². The highest BCUT2D eigenvalue weighted by Crippen LogP contribution is 2.32. The summed E-state index contributed by atoms with van der Waals surface area (Å²) < 4.78 is 17.6. The van der Waals surface area contributed by atoms with Crippen LogP contribution < -0.4 is 9.47 Å². The van der Waals surface area contributed by atoms with E-state index in [4.69, 9.17) is 14.2 Å². The molecule has 28 heavy (non-hydrogen) atoms. The van der Waals surface area contributed by atoms with Crippen LogP contribution in [0.4, 0.5) is 0 Å². The van der Waals surface area contributed by atoms with E-state index in [0.29, 0.717) is 56.7 Å². The van der Waals surface area contributed by atoms with Gasteiger partial charge in [0.1, 0.15) is 6.61 Å². The van der Waals surface area contributed by atoms with Crippen molar-refractivity contribution < 1.29 is 19.0 Å². The Hall–Kier alpha value is -2.60. The molecular weight excluding hydrogens is 356 g/mol. The highest BCUT2D eigenvalue weighted by molar-refractivity contribution is 5.76. The summed E-state index contributed by atoms with van der Waals surface area (Å²) in [6, 6.07) is 11.3. The first-order valence-corrected chi connectivity index (χ1v) is 9.61. The molecule has 1 amide bonds. The molecule has 0 radical (unpaired) electrons. The lowest BCUT2D eigenvalue weighted by atomic mass is 9.91. The van der Waals surface area contributed by atoms with Gasteiger partial charge in [-0.05, 0) is 23.6 Å². The summed E-state index contributed by atoms with van der Waals surface area (Å²) in [7, 11) is 0. The molecule has 0 aliphatic carbocycles. The minimum absolute atomic E-state index is 0.0832. The van der Waals surface area contributed by atoms with E-state index < -0.39 is 0 Å². The van der Waals surface area contributed by atoms with Gasteiger partial charge in [0, 0.05) is 24.7 Å². The second-order valence-corrected chi connectivity index (χ2v) is 8.03. The van der Waals surface area contributed by atoms with E-state index in [9.17, 15) is 4.79 Å². The number of aromatic nitrogens is 1. The minimum Gasteiger partial charge on any atom is -0.487 e. The van der Waals surface area contributed by atoms with Gasteiger partial charge in [0.2, 0.25) is 11.8 Å². The molecule has 0 saturated carbocycles. The number of ether oxygens (including phenoxy) is 3. The second-order valence-electron chi connectivity index (χ2n) is 8.03. The second kappa shape index (κ2) is 9.06. The van der Waals surface area contributed by atoms with Crippen LogP contribution in [0, 0.1) is 5.41 Å². The molecule has 6 heteroatoms. The third kappa shape index (κ3) is 5.70. The fourth-order valence-corrected chi connectivity index (χ4v) is 2.94. The maximum absolute atomic E-state index is 12.9. The molecular formula is C22H28N2O4. The third-order valence-corrected chi connectivity index (χ3v) is 4.29. The lowest BCUT2D eigenvalue weighted by Gasteiger charge is -2.27. The number of carbonyl (C=O) groups is 1. The zero-order valence-electron chi connectivity index (χ0n) is 16.8. The van der Waals surface area contributed by atoms with Gasteiger partial charge in [-0.1, -0.05) is 39.0 Å². The van der Waals surface area contributed by atoms with E-state index >= 15 is 0 Å². The van der Waals surface area contributed by atoms with Gasteiger partial charge < -0.3 is 19.1 Å². The normalized spacial score (nSPS) is 15.6. The molecule has 0 unspecified atom stereocenters. The van der Waals surface area contributed by atoms with E-state index in [1.165, 1.54) is 0 Å². The number of para-hydroxylation sites is 2. The first kappa shape index (κ1) is 20.1. The van der Waals surface area contributed by atoms with Crippen LogP contribution >= 0.6 is 0 Å². The zero-order chi connectivity index (χ0) is 20.0. The minimum atomic E-state index is -0.0832. The van der Waals surface area contributed by atoms with Crippen molar-refractivity contribution in [2.24, 2.45) is 5.41 Å². The summed E-state index contributed by atoms with van der Waals surface area (Å²) in [5, 5.41) is 0. The number of carbonyl (C=O) groups excluding carboxylic acids is 1. The van der Waals surface area contributed by atoms with Crippen molar-refractivity contribution in [3.05, 3.63) is 48.2 Å². The molecule has 0 spiro atoms. The average molecular weight is 384 g/mol. The predicted octanol–water partition coefficient (Wildman–Crippen LogP) is 4.05. The summed E-state index contributed by atoms with van der Waals surface area (Å²) in [5.74, 6) is 1.81. The van der Waals surface area contributed by atoms with Gasteiger partial charge in [0.05, 0.1) is 19.8 Å². The lowest BCUT2D eigenvalue weighted by Crippen LogP contribution is -2.36. The molecule has 1 aromatic heterocycles. The summed E-state index contributed by atoms with van der Waals surface area (Å²) in [6.45, 7) is 8.43. The SMILES string of the molecule is CC(C)(C)CC(=O)N1CCOCCOc2ccccc2Oc2ncccc2C1. The molecule has 1 aliphatic rings. The molecule has 0 N–H and O–H groups in total. The van der Waals surface area contributed by atoms with E-state index in [-0.39, 0.29) is 11.3 Å². The van der Waals surface area contributed by atoms with Crippen LogP contribution in [-0.2, 0) is 16.1 Å². The van der Waals surface area contributed by atoms with E-state index in [1.807, 2.05) is 41.3 Å². The van der Waals surface area contributed by atoms with E-state index in [1.54, 1.807) is 6.20 Å². The first-order valence-electron chi connectivity index (χ1n) is 9.61. The molecule has 3 rings (SSSR count). The molecule has 150 valence electrons. The number of pyridine rings is 1. The van der Waals surface area contributed by atoms with Crippen LogP contribution in [0.3, 0.4) is 0 Å². The van der Waals surface area contributed by atoms with Gasteiger partial charge in [0.25, 0.3) is 0 Å². The van der Waals surface area contributed by atoms with Gasteiger partial charge in [-0.3, -0.25) is 4.79 Å². The summed E-state index contributed by atoms with van der Waals surface area (Å²) in [6.07, 6.45) is 2.15. The predicted molar refractivity (Wildman–Crippen MR) is 107 cm³/mol. The van der Waals surface area contributed by atoms with Crippen LogP contribution in [0.5, 0.6) is 17.4 Å². The standard InChI is InChI=1S/C22H28N2O4/c1-22(2,3)15-20(25)24-11-12-26-13-14-27-18-8-4-5-9-19(18)28-21-17(16-24)7-6-10-23-21/h4-10H,11-16H2,1-3H3. The Balaban J connectivity index is 1.89.